The second kappa shape index (κ2) is 3.41. The second-order valence-electron chi connectivity index (χ2n) is 2.75. The Kier molecular flexibility index (Phi) is 2.21. The highest BCUT2D eigenvalue weighted by Gasteiger charge is 2.11. The molecule has 0 amide bonds. The molecule has 0 fully saturated rings. The minimum atomic E-state index is -2.22. The fourth-order valence-corrected chi connectivity index (χ4v) is 1.54. The summed E-state index contributed by atoms with van der Waals surface area (Å²) >= 11 is -2.22. The van der Waals surface area contributed by atoms with Gasteiger partial charge >= 0.3 is 0 Å². The van der Waals surface area contributed by atoms with E-state index in [9.17, 15) is 14.3 Å². The fourth-order valence-electron chi connectivity index (χ4n) is 1.17. The zero-order valence-corrected chi connectivity index (χ0v) is 8.02. The Balaban J connectivity index is 2.62. The Morgan fingerprint density at radius 3 is 2.87 bits per heavy atom. The first-order valence-electron chi connectivity index (χ1n) is 3.83. The van der Waals surface area contributed by atoms with E-state index in [4.69, 9.17) is 4.55 Å². The molecule has 2 N–H and O–H groups in total. The molecule has 7 nitrogen and oxygen atoms in total. The van der Waals surface area contributed by atoms with E-state index in [1.54, 1.807) is 0 Å². The molecule has 0 saturated carbocycles. The molecular formula is C7H5N3O4S. The minimum absolute atomic E-state index is 0.0959. The molecule has 1 unspecified atom stereocenters. The van der Waals surface area contributed by atoms with Crippen LogP contribution in [-0.4, -0.2) is 23.7 Å². The summed E-state index contributed by atoms with van der Waals surface area (Å²) in [5.74, 6) is 0. The van der Waals surface area contributed by atoms with Gasteiger partial charge in [-0.05, 0) is 6.07 Å². The van der Waals surface area contributed by atoms with E-state index in [0.29, 0.717) is 11.0 Å². The number of rotatable bonds is 2. The number of hydrogen-bond donors (Lipinski definition) is 2. The van der Waals surface area contributed by atoms with Crippen molar-refractivity contribution < 1.29 is 13.7 Å². The summed E-state index contributed by atoms with van der Waals surface area (Å²) in [5.41, 5.74) is 0.682. The van der Waals surface area contributed by atoms with Gasteiger partial charge in [-0.15, -0.1) is 0 Å². The van der Waals surface area contributed by atoms with E-state index >= 15 is 0 Å². The van der Waals surface area contributed by atoms with Crippen molar-refractivity contribution in [2.45, 2.75) is 5.16 Å². The van der Waals surface area contributed by atoms with Crippen LogP contribution >= 0.6 is 0 Å². The molecule has 0 aliphatic carbocycles. The number of nitrogens with zero attached hydrogens (tertiary/aromatic N) is 2. The van der Waals surface area contributed by atoms with Crippen LogP contribution in [0.25, 0.3) is 11.0 Å². The average molecular weight is 227 g/mol. The number of aromatic amines is 1. The number of H-pyrrole nitrogens is 1. The summed E-state index contributed by atoms with van der Waals surface area (Å²) in [4.78, 5) is 16.2. The third-order valence-electron chi connectivity index (χ3n) is 1.82. The monoisotopic (exact) mass is 227 g/mol. The smallest absolute Gasteiger partial charge is 0.271 e. The maximum atomic E-state index is 10.7. The van der Waals surface area contributed by atoms with Crippen molar-refractivity contribution in [2.24, 2.45) is 0 Å². The van der Waals surface area contributed by atoms with Crippen LogP contribution in [0.5, 0.6) is 0 Å². The summed E-state index contributed by atoms with van der Waals surface area (Å²) in [6, 6.07) is 3.96. The van der Waals surface area contributed by atoms with E-state index in [2.05, 4.69) is 9.97 Å². The van der Waals surface area contributed by atoms with Crippen molar-refractivity contribution in [2.75, 3.05) is 0 Å². The van der Waals surface area contributed by atoms with E-state index in [1.807, 2.05) is 0 Å². The van der Waals surface area contributed by atoms with Crippen LogP contribution in [0.2, 0.25) is 0 Å². The normalized spacial score (nSPS) is 12.9. The summed E-state index contributed by atoms with van der Waals surface area (Å²) < 4.78 is 19.4. The molecule has 0 aliphatic rings. The molecule has 0 radical (unpaired) electrons. The van der Waals surface area contributed by atoms with E-state index in [0.717, 1.165) is 0 Å². The molecule has 0 bridgehead atoms. The lowest BCUT2D eigenvalue weighted by Crippen LogP contribution is -1.89. The number of non-ortho nitro benzene ring substituents is 1. The van der Waals surface area contributed by atoms with Gasteiger partial charge in [-0.25, -0.2) is 9.19 Å². The number of benzene rings is 1. The van der Waals surface area contributed by atoms with Crippen LogP contribution in [0.1, 0.15) is 0 Å². The number of hydrogen-bond acceptors (Lipinski definition) is 4. The van der Waals surface area contributed by atoms with Gasteiger partial charge in [0.05, 0.1) is 16.0 Å². The Morgan fingerprint density at radius 2 is 2.27 bits per heavy atom. The van der Waals surface area contributed by atoms with Gasteiger partial charge in [-0.3, -0.25) is 14.7 Å². The topological polar surface area (TPSA) is 109 Å². The Labute approximate surface area is 85.6 Å². The third kappa shape index (κ3) is 1.72. The van der Waals surface area contributed by atoms with Gasteiger partial charge in [-0.1, -0.05) is 0 Å². The predicted molar refractivity (Wildman–Crippen MR) is 51.8 cm³/mol. The van der Waals surface area contributed by atoms with E-state index in [1.165, 1.54) is 18.2 Å². The Hall–Kier alpha value is -1.80. The summed E-state index contributed by atoms with van der Waals surface area (Å²) in [7, 11) is 0. The second-order valence-corrected chi connectivity index (χ2v) is 3.63. The minimum Gasteiger partial charge on any atom is -0.329 e. The van der Waals surface area contributed by atoms with E-state index in [-0.39, 0.29) is 10.8 Å². The zero-order chi connectivity index (χ0) is 11.0. The van der Waals surface area contributed by atoms with Crippen LogP contribution in [0.3, 0.4) is 0 Å². The molecule has 1 aromatic carbocycles. The molecular weight excluding hydrogens is 222 g/mol. The average Bonchev–Trinajstić information content (AvgIpc) is 2.59. The first kappa shape index (κ1) is 9.74. The number of nitro groups is 1. The lowest BCUT2D eigenvalue weighted by molar-refractivity contribution is -0.384. The molecule has 8 heteroatoms. The predicted octanol–water partition coefficient (Wildman–Crippen LogP) is 1.05. The van der Waals surface area contributed by atoms with Crippen molar-refractivity contribution in [1.29, 1.82) is 0 Å². The number of nitro benzene ring substituents is 1. The lowest BCUT2D eigenvalue weighted by atomic mass is 10.3. The quantitative estimate of drug-likeness (QED) is 0.452. The molecule has 2 aromatic rings. The highest BCUT2D eigenvalue weighted by molar-refractivity contribution is 7.79. The van der Waals surface area contributed by atoms with Crippen LogP contribution in [0, 0.1) is 10.1 Å². The molecule has 15 heavy (non-hydrogen) atoms. The van der Waals surface area contributed by atoms with Crippen LogP contribution in [-0.2, 0) is 11.1 Å². The fraction of sp³-hybridized carbons (Fsp3) is 0. The maximum absolute atomic E-state index is 10.7. The standard InChI is InChI=1S/C7H5N3O4S/c11-10(12)4-1-2-5-6(3-4)9-7(8-5)15(13)14/h1-3H,(H,8,9)(H,13,14). The molecule has 1 atom stereocenters. The van der Waals surface area contributed by atoms with Crippen molar-refractivity contribution in [1.82, 2.24) is 9.97 Å². The summed E-state index contributed by atoms with van der Waals surface area (Å²) in [6.45, 7) is 0. The van der Waals surface area contributed by atoms with Gasteiger partial charge in [0.25, 0.3) is 5.69 Å². The Morgan fingerprint density at radius 1 is 1.53 bits per heavy atom. The highest BCUT2D eigenvalue weighted by atomic mass is 32.2. The number of aromatic nitrogens is 2. The van der Waals surface area contributed by atoms with E-state index < -0.39 is 16.0 Å². The van der Waals surface area contributed by atoms with Gasteiger partial charge in [0.15, 0.2) is 0 Å². The first-order valence-corrected chi connectivity index (χ1v) is 4.93. The van der Waals surface area contributed by atoms with Crippen molar-refractivity contribution >= 4 is 27.8 Å². The van der Waals surface area contributed by atoms with Crippen molar-refractivity contribution in [3.8, 4) is 0 Å². The van der Waals surface area contributed by atoms with Gasteiger partial charge in [0.1, 0.15) is 0 Å². The summed E-state index contributed by atoms with van der Waals surface area (Å²) in [6.07, 6.45) is 0. The van der Waals surface area contributed by atoms with Crippen LogP contribution in [0.15, 0.2) is 23.4 Å². The Bertz CT molecular complexity index is 552. The molecule has 0 aliphatic heterocycles. The third-order valence-corrected chi connectivity index (χ3v) is 2.34. The van der Waals surface area contributed by atoms with Gasteiger partial charge in [-0.2, -0.15) is 0 Å². The highest BCUT2D eigenvalue weighted by Crippen LogP contribution is 2.19. The molecule has 1 aromatic heterocycles. The number of nitrogens with one attached hydrogen (secondary N) is 1. The van der Waals surface area contributed by atoms with Crippen LogP contribution < -0.4 is 0 Å². The van der Waals surface area contributed by atoms with Crippen molar-refractivity contribution in [3.05, 3.63) is 28.3 Å². The van der Waals surface area contributed by atoms with Gasteiger partial charge in [0, 0.05) is 12.1 Å². The maximum Gasteiger partial charge on any atom is 0.271 e. The number of fused-ring (bicyclic) bond motifs is 1. The zero-order valence-electron chi connectivity index (χ0n) is 7.21. The molecule has 0 spiro atoms. The molecule has 1 heterocycles. The first-order chi connectivity index (χ1) is 7.08. The van der Waals surface area contributed by atoms with Gasteiger partial charge in [0.2, 0.25) is 16.2 Å². The van der Waals surface area contributed by atoms with Crippen LogP contribution in [0.4, 0.5) is 5.69 Å². The van der Waals surface area contributed by atoms with Gasteiger partial charge < -0.3 is 4.98 Å². The molecule has 2 rings (SSSR count). The van der Waals surface area contributed by atoms with Crippen molar-refractivity contribution in [3.63, 3.8) is 0 Å². The SMILES string of the molecule is O=[N+]([O-])c1ccc2nc(S(=O)O)[nH]c2c1. The number of imidazole rings is 1. The largest absolute Gasteiger partial charge is 0.329 e. The molecule has 78 valence electrons. The molecule has 0 saturated heterocycles. The lowest BCUT2D eigenvalue weighted by Gasteiger charge is -1.89. The summed E-state index contributed by atoms with van der Waals surface area (Å²) in [5, 5.41) is 10.3.